The van der Waals surface area contributed by atoms with E-state index in [0.717, 1.165) is 0 Å². The highest BCUT2D eigenvalue weighted by molar-refractivity contribution is 5.97. The average molecular weight is 293 g/mol. The molecule has 7 nitrogen and oxygen atoms in total. The smallest absolute Gasteiger partial charge is 0.311 e. The molecule has 0 saturated carbocycles. The summed E-state index contributed by atoms with van der Waals surface area (Å²) < 4.78 is 5.25. The van der Waals surface area contributed by atoms with Gasteiger partial charge in [0.05, 0.1) is 24.9 Å². The van der Waals surface area contributed by atoms with E-state index in [1.54, 1.807) is 12.1 Å². The van der Waals surface area contributed by atoms with E-state index in [4.69, 9.17) is 10.5 Å². The molecule has 114 valence electrons. The van der Waals surface area contributed by atoms with E-state index in [1.165, 1.54) is 11.1 Å². The molecule has 0 aromatic carbocycles. The number of nitrogen functional groups attached to an aromatic ring is 1. The van der Waals surface area contributed by atoms with Crippen molar-refractivity contribution < 1.29 is 19.4 Å². The van der Waals surface area contributed by atoms with Crippen LogP contribution in [0, 0.1) is 5.92 Å². The van der Waals surface area contributed by atoms with Gasteiger partial charge in [-0.15, -0.1) is 0 Å². The second-order valence-corrected chi connectivity index (χ2v) is 4.99. The number of rotatable bonds is 5. The van der Waals surface area contributed by atoms with Crippen molar-refractivity contribution in [2.45, 2.75) is 19.4 Å². The second kappa shape index (κ2) is 6.53. The van der Waals surface area contributed by atoms with Crippen LogP contribution < -0.4 is 5.73 Å². The van der Waals surface area contributed by atoms with Gasteiger partial charge in [0.25, 0.3) is 5.91 Å². The van der Waals surface area contributed by atoms with Crippen molar-refractivity contribution in [1.82, 2.24) is 9.88 Å². The Kier molecular flexibility index (Phi) is 4.74. The van der Waals surface area contributed by atoms with Crippen LogP contribution in [0.4, 0.5) is 5.69 Å². The molecule has 1 aromatic heterocycles. The molecule has 2 heterocycles. The number of carbonyl (C=O) groups is 2. The predicted octanol–water partition coefficient (Wildman–Crippen LogP) is 0.616. The van der Waals surface area contributed by atoms with Crippen LogP contribution in [-0.4, -0.2) is 52.7 Å². The topological polar surface area (TPSA) is 106 Å². The summed E-state index contributed by atoms with van der Waals surface area (Å²) in [5.41, 5.74) is 6.23. The van der Waals surface area contributed by atoms with E-state index in [2.05, 4.69) is 4.98 Å². The molecule has 1 amide bonds. The van der Waals surface area contributed by atoms with Gasteiger partial charge >= 0.3 is 5.97 Å². The summed E-state index contributed by atoms with van der Waals surface area (Å²) in [5, 5.41) is 9.25. The van der Waals surface area contributed by atoms with Gasteiger partial charge in [-0.3, -0.25) is 9.59 Å². The van der Waals surface area contributed by atoms with Crippen LogP contribution in [0.15, 0.2) is 18.3 Å². The zero-order chi connectivity index (χ0) is 15.4. The molecule has 2 atom stereocenters. The number of nitrogens with two attached hydrogens (primary N) is 1. The number of carbonyl (C=O) groups excluding carboxylic acids is 1. The van der Waals surface area contributed by atoms with Crippen molar-refractivity contribution in [3.63, 3.8) is 0 Å². The Morgan fingerprint density at radius 2 is 2.29 bits per heavy atom. The molecule has 2 unspecified atom stereocenters. The molecule has 0 spiro atoms. The van der Waals surface area contributed by atoms with Gasteiger partial charge in [-0.1, -0.05) is 6.92 Å². The summed E-state index contributed by atoms with van der Waals surface area (Å²) in [6.45, 7) is 2.70. The van der Waals surface area contributed by atoms with Crippen LogP contribution >= 0.6 is 0 Å². The largest absolute Gasteiger partial charge is 0.481 e. The third-order valence-corrected chi connectivity index (χ3v) is 3.53. The van der Waals surface area contributed by atoms with Crippen LogP contribution in [0.1, 0.15) is 23.8 Å². The van der Waals surface area contributed by atoms with Crippen molar-refractivity contribution >= 4 is 17.6 Å². The minimum Gasteiger partial charge on any atom is -0.481 e. The number of hydrogen-bond donors (Lipinski definition) is 2. The number of aromatic nitrogens is 1. The zero-order valence-corrected chi connectivity index (χ0v) is 11.9. The highest BCUT2D eigenvalue weighted by Gasteiger charge is 2.40. The predicted molar refractivity (Wildman–Crippen MR) is 75.7 cm³/mol. The van der Waals surface area contributed by atoms with Crippen LogP contribution in [0.25, 0.3) is 0 Å². The molecule has 1 fully saturated rings. The first kappa shape index (κ1) is 15.2. The van der Waals surface area contributed by atoms with E-state index in [1.807, 2.05) is 6.92 Å². The minimum absolute atomic E-state index is 0.116. The van der Waals surface area contributed by atoms with Gasteiger partial charge in [-0.25, -0.2) is 4.98 Å². The summed E-state index contributed by atoms with van der Waals surface area (Å²) in [6.07, 6.45) is 2.20. The Morgan fingerprint density at radius 3 is 2.90 bits per heavy atom. The lowest BCUT2D eigenvalue weighted by atomic mass is 10.0. The highest BCUT2D eigenvalue weighted by Crippen LogP contribution is 2.23. The standard InChI is InChI=1S/C14H19N3O4/c1-2-6-17(11-8-21-7-9(11)14(19)20)13(18)12-10(15)4-3-5-16-12/h3-5,9,11H,2,6-8,15H2,1H3,(H,19,20). The summed E-state index contributed by atoms with van der Waals surface area (Å²) in [6, 6.07) is 2.76. The number of carboxylic acid groups (broad SMARTS) is 1. The first-order valence-electron chi connectivity index (χ1n) is 6.88. The maximum absolute atomic E-state index is 12.6. The number of nitrogens with zero attached hydrogens (tertiary/aromatic N) is 2. The van der Waals surface area contributed by atoms with E-state index in [9.17, 15) is 14.7 Å². The van der Waals surface area contributed by atoms with E-state index < -0.39 is 17.9 Å². The first-order valence-corrected chi connectivity index (χ1v) is 6.88. The Balaban J connectivity index is 2.28. The summed E-state index contributed by atoms with van der Waals surface area (Å²) in [4.78, 5) is 29.5. The Bertz CT molecular complexity index is 535. The average Bonchev–Trinajstić information content (AvgIpc) is 2.94. The van der Waals surface area contributed by atoms with Crippen LogP contribution in [0.3, 0.4) is 0 Å². The summed E-state index contributed by atoms with van der Waals surface area (Å²) >= 11 is 0. The molecule has 2 rings (SSSR count). The van der Waals surface area contributed by atoms with Crippen LogP contribution in [0.5, 0.6) is 0 Å². The van der Waals surface area contributed by atoms with Gasteiger partial charge in [-0.2, -0.15) is 0 Å². The molecule has 21 heavy (non-hydrogen) atoms. The quantitative estimate of drug-likeness (QED) is 0.824. The summed E-state index contributed by atoms with van der Waals surface area (Å²) in [7, 11) is 0. The van der Waals surface area contributed by atoms with Crippen molar-refractivity contribution in [2.24, 2.45) is 5.92 Å². The SMILES string of the molecule is CCCN(C(=O)c1ncccc1N)C1COCC1C(=O)O. The van der Waals surface area contributed by atoms with E-state index in [0.29, 0.717) is 13.0 Å². The fraction of sp³-hybridized carbons (Fsp3) is 0.500. The lowest BCUT2D eigenvalue weighted by Crippen LogP contribution is -2.47. The molecule has 1 aliphatic rings. The molecule has 7 heteroatoms. The number of carboxylic acids is 1. The van der Waals surface area contributed by atoms with Gasteiger partial charge in [-0.05, 0) is 18.6 Å². The number of amides is 1. The number of anilines is 1. The van der Waals surface area contributed by atoms with Gasteiger partial charge in [0.2, 0.25) is 0 Å². The lowest BCUT2D eigenvalue weighted by Gasteiger charge is -2.30. The molecule has 1 aliphatic heterocycles. The monoisotopic (exact) mass is 293 g/mol. The van der Waals surface area contributed by atoms with Crippen molar-refractivity contribution in [2.75, 3.05) is 25.5 Å². The Hall–Kier alpha value is -2.15. The molecule has 0 radical (unpaired) electrons. The van der Waals surface area contributed by atoms with Gasteiger partial charge < -0.3 is 20.5 Å². The molecule has 1 saturated heterocycles. The molecular weight excluding hydrogens is 274 g/mol. The number of aliphatic carboxylic acids is 1. The number of ether oxygens (including phenoxy) is 1. The highest BCUT2D eigenvalue weighted by atomic mass is 16.5. The second-order valence-electron chi connectivity index (χ2n) is 4.99. The number of pyridine rings is 1. The Morgan fingerprint density at radius 1 is 1.52 bits per heavy atom. The zero-order valence-electron chi connectivity index (χ0n) is 11.9. The first-order chi connectivity index (χ1) is 10.1. The minimum atomic E-state index is -0.958. The van der Waals surface area contributed by atoms with Crippen molar-refractivity contribution in [3.05, 3.63) is 24.0 Å². The van der Waals surface area contributed by atoms with Gasteiger partial charge in [0, 0.05) is 12.7 Å². The molecular formula is C14H19N3O4. The molecule has 0 aliphatic carbocycles. The van der Waals surface area contributed by atoms with Gasteiger partial charge in [0.15, 0.2) is 5.69 Å². The van der Waals surface area contributed by atoms with Crippen LogP contribution in [-0.2, 0) is 9.53 Å². The molecule has 0 bridgehead atoms. The van der Waals surface area contributed by atoms with Crippen LogP contribution in [0.2, 0.25) is 0 Å². The fourth-order valence-corrected chi connectivity index (χ4v) is 2.48. The van der Waals surface area contributed by atoms with E-state index in [-0.39, 0.29) is 30.5 Å². The fourth-order valence-electron chi connectivity index (χ4n) is 2.48. The lowest BCUT2D eigenvalue weighted by molar-refractivity contribution is -0.142. The molecule has 3 N–H and O–H groups in total. The maximum Gasteiger partial charge on any atom is 0.311 e. The normalized spacial score (nSPS) is 21.2. The number of hydrogen-bond acceptors (Lipinski definition) is 5. The van der Waals surface area contributed by atoms with E-state index >= 15 is 0 Å². The Labute approximate surface area is 122 Å². The maximum atomic E-state index is 12.6. The van der Waals surface area contributed by atoms with Gasteiger partial charge in [0.1, 0.15) is 5.92 Å². The van der Waals surface area contributed by atoms with Crippen molar-refractivity contribution in [1.29, 1.82) is 0 Å². The summed E-state index contributed by atoms with van der Waals surface area (Å²) in [5.74, 6) is -2.03. The van der Waals surface area contributed by atoms with Crippen molar-refractivity contribution in [3.8, 4) is 0 Å². The third kappa shape index (κ3) is 3.13. The third-order valence-electron chi connectivity index (χ3n) is 3.53. The molecule has 1 aromatic rings.